The summed E-state index contributed by atoms with van der Waals surface area (Å²) in [5, 5.41) is 0. The van der Waals surface area contributed by atoms with Gasteiger partial charge in [-0.3, -0.25) is 0 Å². The zero-order valence-electron chi connectivity index (χ0n) is 15.3. The van der Waals surface area contributed by atoms with Crippen molar-refractivity contribution in [1.29, 1.82) is 0 Å². The average Bonchev–Trinajstić information content (AvgIpc) is 2.48. The fourth-order valence-electron chi connectivity index (χ4n) is 2.93. The zero-order valence-corrected chi connectivity index (χ0v) is 16.1. The Bertz CT molecular complexity index is 479. The summed E-state index contributed by atoms with van der Waals surface area (Å²) >= 11 is 1.86. The predicted octanol–water partition coefficient (Wildman–Crippen LogP) is 7.42. The number of aryl methyl sites for hydroxylation is 1. The van der Waals surface area contributed by atoms with E-state index in [-0.39, 0.29) is 5.82 Å². The molecule has 1 unspecified atom stereocenters. The van der Waals surface area contributed by atoms with Crippen LogP contribution in [0.1, 0.15) is 64.9 Å². The van der Waals surface area contributed by atoms with Gasteiger partial charge in [0.2, 0.25) is 0 Å². The molecule has 1 aromatic rings. The maximum atomic E-state index is 13.4. The molecule has 2 heteroatoms. The van der Waals surface area contributed by atoms with Gasteiger partial charge in [-0.05, 0) is 68.2 Å². The van der Waals surface area contributed by atoms with Crippen molar-refractivity contribution in [2.75, 3.05) is 5.75 Å². The lowest BCUT2D eigenvalue weighted by molar-refractivity contribution is 0.437. The molecular weight excluding hydrogens is 303 g/mol. The van der Waals surface area contributed by atoms with E-state index in [0.717, 1.165) is 17.7 Å². The molecule has 0 bridgehead atoms. The molecule has 0 N–H and O–H groups in total. The minimum atomic E-state index is -0.114. The molecule has 1 rings (SSSR count). The van der Waals surface area contributed by atoms with E-state index in [4.69, 9.17) is 0 Å². The van der Waals surface area contributed by atoms with E-state index in [9.17, 15) is 4.39 Å². The van der Waals surface area contributed by atoms with Crippen molar-refractivity contribution in [3.05, 3.63) is 41.7 Å². The van der Waals surface area contributed by atoms with Gasteiger partial charge in [-0.15, -0.1) is 11.8 Å². The highest BCUT2D eigenvalue weighted by Crippen LogP contribution is 2.29. The van der Waals surface area contributed by atoms with Gasteiger partial charge in [0.15, 0.2) is 0 Å². The number of allylic oxidation sites excluding steroid dienone is 1. The van der Waals surface area contributed by atoms with E-state index in [1.54, 1.807) is 6.07 Å². The molecule has 0 amide bonds. The third-order valence-electron chi connectivity index (χ3n) is 4.13. The summed E-state index contributed by atoms with van der Waals surface area (Å²) in [6.07, 6.45) is 7.38. The van der Waals surface area contributed by atoms with Crippen molar-refractivity contribution < 1.29 is 4.39 Å². The molecule has 0 saturated heterocycles. The van der Waals surface area contributed by atoms with E-state index in [1.165, 1.54) is 42.6 Å². The van der Waals surface area contributed by atoms with Crippen LogP contribution in [0, 0.1) is 24.6 Å². The zero-order chi connectivity index (χ0) is 17.2. The first-order chi connectivity index (χ1) is 10.9. The van der Waals surface area contributed by atoms with Crippen LogP contribution in [0.15, 0.2) is 35.2 Å². The third kappa shape index (κ3) is 8.60. The van der Waals surface area contributed by atoms with Crippen LogP contribution in [0.25, 0.3) is 0 Å². The van der Waals surface area contributed by atoms with E-state index in [2.05, 4.69) is 27.4 Å². The smallest absolute Gasteiger partial charge is 0.126 e. The Morgan fingerprint density at radius 1 is 1.26 bits per heavy atom. The topological polar surface area (TPSA) is 0 Å². The van der Waals surface area contributed by atoms with E-state index in [1.807, 2.05) is 30.8 Å². The normalized spacial score (nSPS) is 12.6. The summed E-state index contributed by atoms with van der Waals surface area (Å²) in [5.41, 5.74) is 2.14. The largest absolute Gasteiger partial charge is 0.207 e. The van der Waals surface area contributed by atoms with Gasteiger partial charge < -0.3 is 0 Å². The number of unbranched alkanes of at least 4 members (excludes halogenated alkanes) is 2. The molecular formula is C21H33FS. The minimum absolute atomic E-state index is 0.114. The summed E-state index contributed by atoms with van der Waals surface area (Å²) < 4.78 is 13.4. The molecule has 1 atom stereocenters. The quantitative estimate of drug-likeness (QED) is 0.230. The van der Waals surface area contributed by atoms with Crippen molar-refractivity contribution in [2.24, 2.45) is 11.8 Å². The Morgan fingerprint density at radius 3 is 2.61 bits per heavy atom. The van der Waals surface area contributed by atoms with Crippen LogP contribution in [0.3, 0.4) is 0 Å². The lowest BCUT2D eigenvalue weighted by Gasteiger charge is -2.20. The van der Waals surface area contributed by atoms with Gasteiger partial charge in [0.25, 0.3) is 0 Å². The lowest BCUT2D eigenvalue weighted by atomic mass is 9.91. The maximum Gasteiger partial charge on any atom is 0.126 e. The van der Waals surface area contributed by atoms with E-state index in [0.29, 0.717) is 11.8 Å². The van der Waals surface area contributed by atoms with Crippen molar-refractivity contribution >= 4 is 11.8 Å². The van der Waals surface area contributed by atoms with Crippen molar-refractivity contribution in [3.8, 4) is 0 Å². The Morgan fingerprint density at radius 2 is 2.00 bits per heavy atom. The fraction of sp³-hybridized carbons (Fsp3) is 0.619. The van der Waals surface area contributed by atoms with Gasteiger partial charge in [-0.25, -0.2) is 4.39 Å². The molecule has 23 heavy (non-hydrogen) atoms. The highest BCUT2D eigenvalue weighted by Gasteiger charge is 2.13. The summed E-state index contributed by atoms with van der Waals surface area (Å²) in [6.45, 7) is 13.0. The van der Waals surface area contributed by atoms with Crippen molar-refractivity contribution in [2.45, 2.75) is 71.1 Å². The molecule has 0 radical (unpaired) electrons. The number of hydrogen-bond donors (Lipinski definition) is 0. The van der Waals surface area contributed by atoms with Crippen LogP contribution in [0.4, 0.5) is 4.39 Å². The summed E-state index contributed by atoms with van der Waals surface area (Å²) in [4.78, 5) is 1.18. The van der Waals surface area contributed by atoms with Gasteiger partial charge in [-0.2, -0.15) is 0 Å². The molecule has 1 aromatic carbocycles. The molecule has 0 spiro atoms. The minimum Gasteiger partial charge on any atom is -0.207 e. The van der Waals surface area contributed by atoms with Gasteiger partial charge >= 0.3 is 0 Å². The van der Waals surface area contributed by atoms with Crippen LogP contribution < -0.4 is 0 Å². The fourth-order valence-corrected chi connectivity index (χ4v) is 4.04. The second kappa shape index (κ2) is 10.9. The molecule has 0 saturated carbocycles. The van der Waals surface area contributed by atoms with Crippen LogP contribution in [0.2, 0.25) is 0 Å². The predicted molar refractivity (Wildman–Crippen MR) is 103 cm³/mol. The maximum absolute atomic E-state index is 13.4. The molecule has 0 aliphatic heterocycles. The average molecular weight is 337 g/mol. The first-order valence-electron chi connectivity index (χ1n) is 8.98. The SMILES string of the molecule is C=C(CCCCC)CC(CSc1ccc(F)c(C)c1)CC(C)C. The van der Waals surface area contributed by atoms with E-state index < -0.39 is 0 Å². The Balaban J connectivity index is 2.53. The standard InChI is InChI=1S/C21H33FS/c1-6-7-8-9-17(4)13-19(12-16(2)3)15-23-20-10-11-21(22)18(5)14-20/h10-11,14,16,19H,4,6-9,12-13,15H2,1-3,5H3. The van der Waals surface area contributed by atoms with Crippen LogP contribution in [-0.2, 0) is 0 Å². The molecule has 0 heterocycles. The van der Waals surface area contributed by atoms with Crippen LogP contribution in [-0.4, -0.2) is 5.75 Å². The van der Waals surface area contributed by atoms with Crippen molar-refractivity contribution in [3.63, 3.8) is 0 Å². The molecule has 0 aromatic heterocycles. The molecule has 0 nitrogen and oxygen atoms in total. The summed E-state index contributed by atoms with van der Waals surface area (Å²) in [6, 6.07) is 5.44. The highest BCUT2D eigenvalue weighted by atomic mass is 32.2. The van der Waals surface area contributed by atoms with Crippen LogP contribution >= 0.6 is 11.8 Å². The van der Waals surface area contributed by atoms with E-state index >= 15 is 0 Å². The number of thioether (sulfide) groups is 1. The van der Waals surface area contributed by atoms with Gasteiger partial charge in [0.1, 0.15) is 5.82 Å². The van der Waals surface area contributed by atoms with Crippen LogP contribution in [0.5, 0.6) is 0 Å². The molecule has 0 fully saturated rings. The number of benzene rings is 1. The molecule has 130 valence electrons. The summed E-state index contributed by atoms with van der Waals surface area (Å²) in [5.74, 6) is 2.35. The number of hydrogen-bond acceptors (Lipinski definition) is 1. The number of rotatable bonds is 11. The van der Waals surface area contributed by atoms with Gasteiger partial charge in [-0.1, -0.05) is 45.8 Å². The molecule has 0 aliphatic carbocycles. The summed E-state index contributed by atoms with van der Waals surface area (Å²) in [7, 11) is 0. The second-order valence-corrected chi connectivity index (χ2v) is 8.22. The Hall–Kier alpha value is -0.760. The first kappa shape index (κ1) is 20.3. The second-order valence-electron chi connectivity index (χ2n) is 7.13. The first-order valence-corrected chi connectivity index (χ1v) is 9.96. The number of halogens is 1. The molecule has 0 aliphatic rings. The highest BCUT2D eigenvalue weighted by molar-refractivity contribution is 7.99. The monoisotopic (exact) mass is 336 g/mol. The third-order valence-corrected chi connectivity index (χ3v) is 5.36. The van der Waals surface area contributed by atoms with Gasteiger partial charge in [0.05, 0.1) is 0 Å². The van der Waals surface area contributed by atoms with Crippen molar-refractivity contribution in [1.82, 2.24) is 0 Å². The lowest BCUT2D eigenvalue weighted by Crippen LogP contribution is -2.09. The Kier molecular flexibility index (Phi) is 9.62. The Labute approximate surface area is 147 Å². The van der Waals surface area contributed by atoms with Gasteiger partial charge in [0, 0.05) is 10.6 Å².